The zero-order valence-electron chi connectivity index (χ0n) is 19.8. The lowest BCUT2D eigenvalue weighted by atomic mass is 9.90. The number of nitrogens with zero attached hydrogens (tertiary/aromatic N) is 2. The molecule has 0 saturated heterocycles. The molecule has 0 radical (unpaired) electrons. The normalized spacial score (nSPS) is 16.0. The maximum absolute atomic E-state index is 13.8. The summed E-state index contributed by atoms with van der Waals surface area (Å²) in [7, 11) is -3.86. The molecule has 4 aromatic rings. The Morgan fingerprint density at radius 3 is 2.54 bits per heavy atom. The predicted octanol–water partition coefficient (Wildman–Crippen LogP) is 5.39. The second kappa shape index (κ2) is 9.57. The molecule has 1 amide bonds. The predicted molar refractivity (Wildman–Crippen MR) is 141 cm³/mol. The van der Waals surface area contributed by atoms with Gasteiger partial charge in [-0.15, -0.1) is 11.3 Å². The molecular weight excluding hydrogens is 476 g/mol. The van der Waals surface area contributed by atoms with Crippen molar-refractivity contribution < 1.29 is 13.2 Å². The van der Waals surface area contributed by atoms with E-state index in [-0.39, 0.29) is 29.9 Å². The van der Waals surface area contributed by atoms with Gasteiger partial charge in [0.2, 0.25) is 15.9 Å². The molecule has 0 bridgehead atoms. The summed E-state index contributed by atoms with van der Waals surface area (Å²) in [5.74, 6) is -0.180. The van der Waals surface area contributed by atoms with E-state index in [1.54, 1.807) is 30.4 Å². The molecule has 7 heteroatoms. The van der Waals surface area contributed by atoms with Gasteiger partial charge in [0.25, 0.3) is 0 Å². The maximum atomic E-state index is 13.8. The molecule has 1 atom stereocenters. The highest BCUT2D eigenvalue weighted by atomic mass is 32.2. The Bertz CT molecular complexity index is 1490. The highest BCUT2D eigenvalue weighted by Crippen LogP contribution is 2.39. The molecule has 1 aliphatic heterocycles. The molecule has 0 saturated carbocycles. The van der Waals surface area contributed by atoms with E-state index < -0.39 is 10.0 Å². The molecule has 35 heavy (non-hydrogen) atoms. The molecule has 0 N–H and O–H groups in total. The molecule has 0 spiro atoms. The van der Waals surface area contributed by atoms with Crippen molar-refractivity contribution in [2.45, 2.75) is 31.2 Å². The van der Waals surface area contributed by atoms with Crippen molar-refractivity contribution in [1.29, 1.82) is 0 Å². The first-order valence-corrected chi connectivity index (χ1v) is 14.1. The quantitative estimate of drug-likeness (QED) is 0.354. The number of rotatable bonds is 6. The molecule has 5 nitrogen and oxygen atoms in total. The first-order valence-electron chi connectivity index (χ1n) is 11.8. The Morgan fingerprint density at radius 2 is 1.74 bits per heavy atom. The van der Waals surface area contributed by atoms with E-state index >= 15 is 0 Å². The Balaban J connectivity index is 1.49. The van der Waals surface area contributed by atoms with Gasteiger partial charge in [0, 0.05) is 23.4 Å². The molecule has 3 aromatic carbocycles. The minimum absolute atomic E-state index is 0.180. The SMILES string of the molecule is CCN(CC(=O)N1CCc2sccc2C1c1ccccc1C)S(=O)(=O)c1cccc2ccccc12. The average Bonchev–Trinajstić information content (AvgIpc) is 3.35. The van der Waals surface area contributed by atoms with Crippen LogP contribution in [0.2, 0.25) is 0 Å². The van der Waals surface area contributed by atoms with Gasteiger partial charge in [0.1, 0.15) is 0 Å². The van der Waals surface area contributed by atoms with Gasteiger partial charge in [0.15, 0.2) is 0 Å². The lowest BCUT2D eigenvalue weighted by Crippen LogP contribution is -2.46. The summed E-state index contributed by atoms with van der Waals surface area (Å²) in [5.41, 5.74) is 3.34. The van der Waals surface area contributed by atoms with Crippen LogP contribution in [0.25, 0.3) is 10.8 Å². The fourth-order valence-electron chi connectivity index (χ4n) is 4.98. The number of carbonyl (C=O) groups is 1. The largest absolute Gasteiger partial charge is 0.330 e. The third-order valence-corrected chi connectivity index (χ3v) is 9.78. The summed E-state index contributed by atoms with van der Waals surface area (Å²) in [6.07, 6.45) is 0.781. The monoisotopic (exact) mass is 504 g/mol. The van der Waals surface area contributed by atoms with E-state index in [1.807, 2.05) is 47.4 Å². The van der Waals surface area contributed by atoms with Gasteiger partial charge in [-0.1, -0.05) is 67.6 Å². The first kappa shape index (κ1) is 23.7. The number of sulfonamides is 1. The van der Waals surface area contributed by atoms with Crippen LogP contribution in [0.3, 0.4) is 0 Å². The van der Waals surface area contributed by atoms with Gasteiger partial charge in [-0.3, -0.25) is 4.79 Å². The van der Waals surface area contributed by atoms with Crippen LogP contribution in [-0.2, 0) is 21.2 Å². The summed E-state index contributed by atoms with van der Waals surface area (Å²) in [5, 5.41) is 3.60. The zero-order valence-corrected chi connectivity index (χ0v) is 21.5. The van der Waals surface area contributed by atoms with Gasteiger partial charge in [-0.25, -0.2) is 8.42 Å². The van der Waals surface area contributed by atoms with Gasteiger partial charge >= 0.3 is 0 Å². The highest BCUT2D eigenvalue weighted by Gasteiger charge is 2.36. The third kappa shape index (κ3) is 4.29. The van der Waals surface area contributed by atoms with Crippen LogP contribution in [0.1, 0.15) is 34.5 Å². The van der Waals surface area contributed by atoms with Crippen molar-refractivity contribution >= 4 is 38.0 Å². The Morgan fingerprint density at radius 1 is 1.00 bits per heavy atom. The fraction of sp³-hybridized carbons (Fsp3) is 0.250. The number of hydrogen-bond acceptors (Lipinski definition) is 4. The van der Waals surface area contributed by atoms with E-state index in [4.69, 9.17) is 0 Å². The maximum Gasteiger partial charge on any atom is 0.244 e. The number of aryl methyl sites for hydroxylation is 1. The number of benzene rings is 3. The van der Waals surface area contributed by atoms with Crippen LogP contribution in [0.4, 0.5) is 0 Å². The van der Waals surface area contributed by atoms with Crippen molar-refractivity contribution in [3.63, 3.8) is 0 Å². The second-order valence-electron chi connectivity index (χ2n) is 8.80. The minimum Gasteiger partial charge on any atom is -0.330 e. The number of amides is 1. The van der Waals surface area contributed by atoms with Crippen LogP contribution >= 0.6 is 11.3 Å². The van der Waals surface area contributed by atoms with Crippen LogP contribution in [0.15, 0.2) is 83.1 Å². The van der Waals surface area contributed by atoms with Crippen molar-refractivity contribution in [1.82, 2.24) is 9.21 Å². The highest BCUT2D eigenvalue weighted by molar-refractivity contribution is 7.89. The molecule has 5 rings (SSSR count). The number of fused-ring (bicyclic) bond motifs is 2. The van der Waals surface area contributed by atoms with Crippen LogP contribution in [0, 0.1) is 6.92 Å². The van der Waals surface area contributed by atoms with Gasteiger partial charge < -0.3 is 4.90 Å². The summed E-state index contributed by atoms with van der Waals surface area (Å²) in [6.45, 7) is 4.43. The first-order chi connectivity index (χ1) is 16.9. The molecule has 1 unspecified atom stereocenters. The average molecular weight is 505 g/mol. The van der Waals surface area contributed by atoms with Gasteiger partial charge in [-0.05, 0) is 52.9 Å². The third-order valence-electron chi connectivity index (χ3n) is 6.80. The van der Waals surface area contributed by atoms with E-state index in [0.29, 0.717) is 11.9 Å². The topological polar surface area (TPSA) is 57.7 Å². The van der Waals surface area contributed by atoms with Crippen molar-refractivity contribution in [3.8, 4) is 0 Å². The smallest absolute Gasteiger partial charge is 0.244 e. The Kier molecular flexibility index (Phi) is 6.49. The van der Waals surface area contributed by atoms with Crippen molar-refractivity contribution in [3.05, 3.63) is 99.7 Å². The van der Waals surface area contributed by atoms with E-state index in [9.17, 15) is 13.2 Å². The fourth-order valence-corrected chi connectivity index (χ4v) is 7.50. The van der Waals surface area contributed by atoms with Gasteiger partial charge in [0.05, 0.1) is 17.5 Å². The molecule has 0 fully saturated rings. The Labute approximate surface area is 210 Å². The van der Waals surface area contributed by atoms with E-state index in [0.717, 1.165) is 28.5 Å². The second-order valence-corrected chi connectivity index (χ2v) is 11.7. The van der Waals surface area contributed by atoms with Crippen molar-refractivity contribution in [2.75, 3.05) is 19.6 Å². The lowest BCUT2D eigenvalue weighted by Gasteiger charge is -2.38. The van der Waals surface area contributed by atoms with Crippen LogP contribution < -0.4 is 0 Å². The zero-order chi connectivity index (χ0) is 24.6. The van der Waals surface area contributed by atoms with E-state index in [2.05, 4.69) is 30.5 Å². The summed E-state index contributed by atoms with van der Waals surface area (Å²) in [4.78, 5) is 17.1. The summed E-state index contributed by atoms with van der Waals surface area (Å²) in [6, 6.07) is 22.7. The standard InChI is InChI=1S/C28H28N2O3S2/c1-3-29(35(32,33)26-14-8-11-21-10-5-7-13-23(21)26)19-27(31)30-17-15-25-24(16-18-34-25)28(30)22-12-6-4-9-20(22)2/h4-14,16,18,28H,3,15,17,19H2,1-2H3. The Hall–Kier alpha value is -3.00. The summed E-state index contributed by atoms with van der Waals surface area (Å²) < 4.78 is 28.7. The van der Waals surface area contributed by atoms with Crippen LogP contribution in [0.5, 0.6) is 0 Å². The number of likely N-dealkylation sites (N-methyl/N-ethyl adjacent to an activating group) is 1. The molecule has 1 aliphatic rings. The van der Waals surface area contributed by atoms with Crippen LogP contribution in [-0.4, -0.2) is 43.2 Å². The number of carbonyl (C=O) groups excluding carboxylic acids is 1. The number of thiophene rings is 1. The molecule has 180 valence electrons. The lowest BCUT2D eigenvalue weighted by molar-refractivity contribution is -0.133. The molecular formula is C28H28N2O3S2. The molecule has 1 aromatic heterocycles. The molecule has 0 aliphatic carbocycles. The minimum atomic E-state index is -3.86. The van der Waals surface area contributed by atoms with Gasteiger partial charge in [-0.2, -0.15) is 4.31 Å². The molecule has 2 heterocycles. The summed E-state index contributed by atoms with van der Waals surface area (Å²) >= 11 is 1.72. The van der Waals surface area contributed by atoms with E-state index in [1.165, 1.54) is 9.18 Å². The van der Waals surface area contributed by atoms with Crippen molar-refractivity contribution in [2.24, 2.45) is 0 Å². The number of hydrogen-bond donors (Lipinski definition) is 0.